The minimum absolute atomic E-state index is 0.00524. The van der Waals surface area contributed by atoms with Crippen molar-refractivity contribution in [1.82, 2.24) is 0 Å². The summed E-state index contributed by atoms with van der Waals surface area (Å²) < 4.78 is 0. The van der Waals surface area contributed by atoms with Gasteiger partial charge < -0.3 is 9.91 Å². The van der Waals surface area contributed by atoms with Crippen LogP contribution in [0.2, 0.25) is 0 Å². The van der Waals surface area contributed by atoms with Gasteiger partial charge >= 0.3 is 0 Å². The van der Waals surface area contributed by atoms with Crippen molar-refractivity contribution < 1.29 is 0 Å². The molecular formula is C31H45N3. The molecule has 2 rings (SSSR count). The van der Waals surface area contributed by atoms with Crippen LogP contribution in [0.25, 0.3) is 0 Å². The van der Waals surface area contributed by atoms with Gasteiger partial charge in [0, 0.05) is 18.3 Å². The standard InChI is InChI=1S/C31H45N3/c1-11-15-33(30-19-21(2)16-22(3)20-30)28(9)24(5)13-12-14-25(6)29(10)34(32)31-26(7)17-23(4)18-27(31)8/h12-14,16-20,28-29H,6,11,15,32H2,1-5,7-10H3/b14-12-,24-13+/t28-,29?/m0/s1. The number of nitrogens with two attached hydrogens (primary N) is 1. The molecule has 2 atom stereocenters. The molecule has 2 aromatic rings. The molecule has 0 aliphatic heterocycles. The molecule has 0 heterocycles. The Kier molecular flexibility index (Phi) is 9.76. The highest BCUT2D eigenvalue weighted by Crippen LogP contribution is 2.28. The highest BCUT2D eigenvalue weighted by molar-refractivity contribution is 5.61. The van der Waals surface area contributed by atoms with E-state index < -0.39 is 0 Å². The zero-order valence-corrected chi connectivity index (χ0v) is 22.9. The number of rotatable bonds is 10. The number of hydrogen-bond acceptors (Lipinski definition) is 3. The zero-order valence-electron chi connectivity index (χ0n) is 22.9. The topological polar surface area (TPSA) is 32.5 Å². The highest BCUT2D eigenvalue weighted by atomic mass is 15.4. The molecule has 0 amide bonds. The van der Waals surface area contributed by atoms with Crippen LogP contribution < -0.4 is 15.8 Å². The Bertz CT molecular complexity index is 1020. The van der Waals surface area contributed by atoms with E-state index in [4.69, 9.17) is 5.84 Å². The first kappa shape index (κ1) is 27.5. The number of hydrazine groups is 1. The summed E-state index contributed by atoms with van der Waals surface area (Å²) in [5.74, 6) is 6.55. The van der Waals surface area contributed by atoms with E-state index in [2.05, 4.69) is 122 Å². The Hall–Kier alpha value is -2.78. The van der Waals surface area contributed by atoms with Gasteiger partial charge in [0.25, 0.3) is 0 Å². The third-order valence-electron chi connectivity index (χ3n) is 6.65. The van der Waals surface area contributed by atoms with Crippen molar-refractivity contribution in [2.24, 2.45) is 5.84 Å². The average Bonchev–Trinajstić information content (AvgIpc) is 2.74. The monoisotopic (exact) mass is 459 g/mol. The van der Waals surface area contributed by atoms with Gasteiger partial charge in [0.05, 0.1) is 11.7 Å². The maximum atomic E-state index is 6.55. The zero-order chi connectivity index (χ0) is 25.6. The molecule has 0 spiro atoms. The van der Waals surface area contributed by atoms with E-state index in [-0.39, 0.29) is 6.04 Å². The van der Waals surface area contributed by atoms with Gasteiger partial charge in [0.1, 0.15) is 0 Å². The van der Waals surface area contributed by atoms with Crippen LogP contribution in [0.3, 0.4) is 0 Å². The molecule has 2 aromatic carbocycles. The first-order valence-corrected chi connectivity index (χ1v) is 12.5. The number of nitrogens with zero attached hydrogens (tertiary/aromatic N) is 2. The van der Waals surface area contributed by atoms with E-state index in [0.29, 0.717) is 6.04 Å². The van der Waals surface area contributed by atoms with Crippen LogP contribution >= 0.6 is 0 Å². The van der Waals surface area contributed by atoms with Crippen LogP contribution in [0.15, 0.2) is 66.3 Å². The second-order valence-corrected chi connectivity index (χ2v) is 9.89. The smallest absolute Gasteiger partial charge is 0.0668 e. The first-order chi connectivity index (χ1) is 16.0. The fourth-order valence-corrected chi connectivity index (χ4v) is 4.70. The van der Waals surface area contributed by atoms with Crippen LogP contribution in [0.4, 0.5) is 11.4 Å². The van der Waals surface area contributed by atoms with Gasteiger partial charge in [0.2, 0.25) is 0 Å². The molecule has 0 saturated heterocycles. The van der Waals surface area contributed by atoms with Crippen molar-refractivity contribution in [3.05, 3.63) is 94.1 Å². The van der Waals surface area contributed by atoms with Crippen molar-refractivity contribution >= 4 is 11.4 Å². The molecule has 0 radical (unpaired) electrons. The Labute approximate surface area is 208 Å². The maximum absolute atomic E-state index is 6.55. The molecule has 2 N–H and O–H groups in total. The molecular weight excluding hydrogens is 414 g/mol. The molecule has 0 aliphatic rings. The van der Waals surface area contributed by atoms with E-state index in [9.17, 15) is 0 Å². The second kappa shape index (κ2) is 12.1. The van der Waals surface area contributed by atoms with Gasteiger partial charge in [-0.3, -0.25) is 0 Å². The second-order valence-electron chi connectivity index (χ2n) is 9.89. The van der Waals surface area contributed by atoms with Crippen LogP contribution in [0.1, 0.15) is 61.9 Å². The van der Waals surface area contributed by atoms with Gasteiger partial charge in [-0.05, 0) is 102 Å². The lowest BCUT2D eigenvalue weighted by Gasteiger charge is -2.32. The van der Waals surface area contributed by atoms with Crippen molar-refractivity contribution in [2.45, 2.75) is 80.8 Å². The summed E-state index contributed by atoms with van der Waals surface area (Å²) in [6.45, 7) is 24.9. The van der Waals surface area contributed by atoms with Crippen molar-refractivity contribution in [1.29, 1.82) is 0 Å². The molecule has 1 unspecified atom stereocenters. The summed E-state index contributed by atoms with van der Waals surface area (Å²) in [5, 5.41) is 1.85. The molecule has 3 nitrogen and oxygen atoms in total. The summed E-state index contributed by atoms with van der Waals surface area (Å²) in [6, 6.07) is 11.5. The first-order valence-electron chi connectivity index (χ1n) is 12.5. The average molecular weight is 460 g/mol. The SMILES string of the molecule is C=C(/C=C\C=C(/C)[C@H](C)N(CCC)c1cc(C)cc(C)c1)C(C)N(N)c1c(C)cc(C)cc1C. The number of benzene rings is 2. The number of hydrogen-bond donors (Lipinski definition) is 1. The summed E-state index contributed by atoms with van der Waals surface area (Å²) in [5.41, 5.74) is 10.9. The summed E-state index contributed by atoms with van der Waals surface area (Å²) in [4.78, 5) is 2.50. The van der Waals surface area contributed by atoms with Crippen LogP contribution in [0, 0.1) is 34.6 Å². The Balaban J connectivity index is 2.16. The lowest BCUT2D eigenvalue weighted by molar-refractivity contribution is 0.688. The minimum atomic E-state index is -0.00524. The quantitative estimate of drug-likeness (QED) is 0.225. The van der Waals surface area contributed by atoms with Gasteiger partial charge in [-0.25, -0.2) is 5.84 Å². The molecule has 34 heavy (non-hydrogen) atoms. The van der Waals surface area contributed by atoms with E-state index in [0.717, 1.165) is 24.2 Å². The largest absolute Gasteiger partial charge is 0.365 e. The Morgan fingerprint density at radius 2 is 1.44 bits per heavy atom. The Morgan fingerprint density at radius 3 is 1.97 bits per heavy atom. The van der Waals surface area contributed by atoms with Gasteiger partial charge in [-0.2, -0.15) is 0 Å². The minimum Gasteiger partial charge on any atom is -0.365 e. The predicted octanol–water partition coefficient (Wildman–Crippen LogP) is 7.66. The third kappa shape index (κ3) is 6.87. The van der Waals surface area contributed by atoms with E-state index in [1.165, 1.54) is 39.1 Å². The molecule has 184 valence electrons. The molecule has 0 fully saturated rings. The lowest BCUT2D eigenvalue weighted by Crippen LogP contribution is -2.41. The van der Waals surface area contributed by atoms with Crippen molar-refractivity contribution in [3.63, 3.8) is 0 Å². The number of anilines is 2. The molecule has 0 saturated carbocycles. The number of aryl methyl sites for hydroxylation is 5. The van der Waals surface area contributed by atoms with E-state index in [1.54, 1.807) is 0 Å². The normalized spacial score (nSPS) is 13.8. The van der Waals surface area contributed by atoms with Gasteiger partial charge in [-0.15, -0.1) is 0 Å². The highest BCUT2D eigenvalue weighted by Gasteiger charge is 2.18. The third-order valence-corrected chi connectivity index (χ3v) is 6.65. The van der Waals surface area contributed by atoms with Crippen LogP contribution in [-0.2, 0) is 0 Å². The summed E-state index contributed by atoms with van der Waals surface area (Å²) in [7, 11) is 0. The Morgan fingerprint density at radius 1 is 0.912 bits per heavy atom. The predicted molar refractivity (Wildman–Crippen MR) is 152 cm³/mol. The van der Waals surface area contributed by atoms with Gasteiger partial charge in [0.15, 0.2) is 0 Å². The summed E-state index contributed by atoms with van der Waals surface area (Å²) in [6.07, 6.45) is 7.51. The van der Waals surface area contributed by atoms with Gasteiger partial charge in [-0.1, -0.05) is 61.1 Å². The van der Waals surface area contributed by atoms with E-state index in [1.807, 2.05) is 5.01 Å². The van der Waals surface area contributed by atoms with Crippen molar-refractivity contribution in [3.8, 4) is 0 Å². The molecule has 0 aliphatic carbocycles. The lowest BCUT2D eigenvalue weighted by atomic mass is 10.0. The van der Waals surface area contributed by atoms with Crippen LogP contribution in [0.5, 0.6) is 0 Å². The number of allylic oxidation sites excluding steroid dienone is 2. The van der Waals surface area contributed by atoms with E-state index >= 15 is 0 Å². The molecule has 0 bridgehead atoms. The maximum Gasteiger partial charge on any atom is 0.0668 e. The van der Waals surface area contributed by atoms with Crippen molar-refractivity contribution in [2.75, 3.05) is 16.5 Å². The molecule has 0 aromatic heterocycles. The molecule has 3 heteroatoms. The summed E-state index contributed by atoms with van der Waals surface area (Å²) >= 11 is 0. The van der Waals surface area contributed by atoms with Crippen LogP contribution in [-0.4, -0.2) is 18.6 Å². The fraction of sp³-hybridized carbons (Fsp3) is 0.419. The fourth-order valence-electron chi connectivity index (χ4n) is 4.70.